The highest BCUT2D eigenvalue weighted by atomic mass is 16.6. The summed E-state index contributed by atoms with van der Waals surface area (Å²) >= 11 is 0. The van der Waals surface area contributed by atoms with Gasteiger partial charge in [-0.15, -0.1) is 0 Å². The fraction of sp³-hybridized carbons (Fsp3) is 0.667. The van der Waals surface area contributed by atoms with Crippen molar-refractivity contribution in [1.82, 2.24) is 0 Å². The van der Waals surface area contributed by atoms with Gasteiger partial charge in [-0.3, -0.25) is 14.4 Å². The minimum Gasteiger partial charge on any atom is -0.390 e. The Bertz CT molecular complexity index is 862. The smallest absolute Gasteiger partial charge is 0.202 e. The molecular formula is C21H24O6. The number of hydrogen-bond acceptors (Lipinski definition) is 6. The van der Waals surface area contributed by atoms with E-state index in [1.54, 1.807) is 26.0 Å². The molecule has 5 rings (SSSR count). The van der Waals surface area contributed by atoms with Gasteiger partial charge in [0.05, 0.1) is 11.0 Å². The number of carbonyl (C=O) groups is 3. The van der Waals surface area contributed by atoms with Crippen molar-refractivity contribution in [3.8, 4) is 0 Å². The number of allylic oxidation sites excluding steroid dienone is 1. The molecule has 2 unspecified atom stereocenters. The molecule has 0 amide bonds. The van der Waals surface area contributed by atoms with Crippen molar-refractivity contribution in [3.05, 3.63) is 23.3 Å². The van der Waals surface area contributed by atoms with Gasteiger partial charge in [0.15, 0.2) is 29.4 Å². The molecule has 2 heterocycles. The molecule has 6 nitrogen and oxygen atoms in total. The first kappa shape index (κ1) is 17.5. The zero-order valence-corrected chi connectivity index (χ0v) is 15.9. The second-order valence-electron chi connectivity index (χ2n) is 9.34. The van der Waals surface area contributed by atoms with Crippen LogP contribution in [0.1, 0.15) is 40.5 Å². The molecule has 3 aliphatic carbocycles. The molecule has 2 aliphatic heterocycles. The maximum Gasteiger partial charge on any atom is 0.202 e. The quantitative estimate of drug-likeness (QED) is 0.551. The highest BCUT2D eigenvalue weighted by Gasteiger charge is 2.80. The number of rotatable bonds is 1. The molecule has 2 saturated carbocycles. The standard InChI is InChI=1S/C21H24O6/c1-9(2)7-13-17(23)20(4)10-5-6-19(3,25)11(10)8-12-14(22)15-16(26-15)18(24)21(12,20)27-13/h7-8,10-11,13,15-16,25H,5-6H2,1-4H3/t10-,11+,13+,15?,16?,19-,20-,21+/m0/s1. The zero-order valence-electron chi connectivity index (χ0n) is 15.9. The van der Waals surface area contributed by atoms with Crippen LogP contribution >= 0.6 is 0 Å². The van der Waals surface area contributed by atoms with E-state index in [0.29, 0.717) is 12.8 Å². The van der Waals surface area contributed by atoms with E-state index in [0.717, 1.165) is 5.57 Å². The van der Waals surface area contributed by atoms with Gasteiger partial charge in [0.25, 0.3) is 0 Å². The van der Waals surface area contributed by atoms with Crippen LogP contribution in [-0.2, 0) is 23.9 Å². The number of fused-ring (bicyclic) bond motifs is 3. The van der Waals surface area contributed by atoms with E-state index in [-0.39, 0.29) is 34.8 Å². The lowest BCUT2D eigenvalue weighted by atomic mass is 9.51. The summed E-state index contributed by atoms with van der Waals surface area (Å²) in [7, 11) is 0. The molecule has 8 atom stereocenters. The van der Waals surface area contributed by atoms with E-state index in [1.165, 1.54) is 0 Å². The van der Waals surface area contributed by atoms with Crippen LogP contribution in [0.25, 0.3) is 0 Å². The van der Waals surface area contributed by atoms with Crippen LogP contribution in [0.3, 0.4) is 0 Å². The van der Waals surface area contributed by atoms with Crippen LogP contribution in [0.4, 0.5) is 0 Å². The van der Waals surface area contributed by atoms with Crippen LogP contribution in [-0.4, -0.2) is 52.0 Å². The predicted molar refractivity (Wildman–Crippen MR) is 93.7 cm³/mol. The first-order chi connectivity index (χ1) is 12.6. The van der Waals surface area contributed by atoms with E-state index in [1.807, 2.05) is 13.8 Å². The minimum absolute atomic E-state index is 0.178. The molecular weight excluding hydrogens is 348 g/mol. The van der Waals surface area contributed by atoms with Crippen molar-refractivity contribution in [1.29, 1.82) is 0 Å². The average molecular weight is 372 g/mol. The lowest BCUT2D eigenvalue weighted by molar-refractivity contribution is -0.159. The van der Waals surface area contributed by atoms with Crippen LogP contribution < -0.4 is 0 Å². The summed E-state index contributed by atoms with van der Waals surface area (Å²) in [4.78, 5) is 40.0. The molecule has 0 aromatic heterocycles. The Morgan fingerprint density at radius 3 is 2.56 bits per heavy atom. The third kappa shape index (κ3) is 1.80. The van der Waals surface area contributed by atoms with Crippen molar-refractivity contribution >= 4 is 17.3 Å². The van der Waals surface area contributed by atoms with E-state index in [9.17, 15) is 19.5 Å². The molecule has 1 N–H and O–H groups in total. The number of carbonyl (C=O) groups excluding carboxylic acids is 3. The highest BCUT2D eigenvalue weighted by Crippen LogP contribution is 2.66. The van der Waals surface area contributed by atoms with Crippen molar-refractivity contribution in [2.24, 2.45) is 17.3 Å². The Hall–Kier alpha value is -1.63. The second-order valence-corrected chi connectivity index (χ2v) is 9.34. The summed E-state index contributed by atoms with van der Waals surface area (Å²) < 4.78 is 11.6. The van der Waals surface area contributed by atoms with Gasteiger partial charge in [0.2, 0.25) is 5.78 Å². The molecule has 0 aromatic carbocycles. The Morgan fingerprint density at radius 2 is 1.89 bits per heavy atom. The summed E-state index contributed by atoms with van der Waals surface area (Å²) in [6.45, 7) is 7.23. The van der Waals surface area contributed by atoms with E-state index < -0.39 is 34.9 Å². The summed E-state index contributed by atoms with van der Waals surface area (Å²) in [5.74, 6) is -1.40. The molecule has 1 spiro atoms. The van der Waals surface area contributed by atoms with Gasteiger partial charge in [-0.1, -0.05) is 11.6 Å². The van der Waals surface area contributed by atoms with Gasteiger partial charge in [-0.2, -0.15) is 0 Å². The Balaban J connectivity index is 1.78. The fourth-order valence-electron chi connectivity index (χ4n) is 6.07. The summed E-state index contributed by atoms with van der Waals surface area (Å²) in [5.41, 5.74) is -2.69. The molecule has 0 bridgehead atoms. The molecule has 0 radical (unpaired) electrons. The number of aliphatic hydroxyl groups is 1. The van der Waals surface area contributed by atoms with Crippen molar-refractivity contribution < 1.29 is 29.0 Å². The first-order valence-corrected chi connectivity index (χ1v) is 9.61. The zero-order chi connectivity index (χ0) is 19.5. The number of Topliss-reactive ketones (excluding diaryl/α,β-unsaturated/α-hetero) is 3. The molecule has 0 aromatic rings. The lowest BCUT2D eigenvalue weighted by Crippen LogP contribution is -2.65. The number of epoxide rings is 1. The van der Waals surface area contributed by atoms with Gasteiger partial charge in [-0.25, -0.2) is 0 Å². The van der Waals surface area contributed by atoms with Crippen molar-refractivity contribution in [2.75, 3.05) is 0 Å². The van der Waals surface area contributed by atoms with E-state index >= 15 is 0 Å². The largest absolute Gasteiger partial charge is 0.390 e. The third-order valence-electron chi connectivity index (χ3n) is 7.49. The summed E-state index contributed by atoms with van der Waals surface area (Å²) in [6.07, 6.45) is 2.11. The van der Waals surface area contributed by atoms with Crippen molar-refractivity contribution in [2.45, 2.75) is 70.1 Å². The predicted octanol–water partition coefficient (Wildman–Crippen LogP) is 1.30. The minimum atomic E-state index is -1.60. The average Bonchev–Trinajstić information content (AvgIpc) is 3.28. The second kappa shape index (κ2) is 4.85. The maximum atomic E-state index is 13.6. The molecule has 4 fully saturated rings. The molecule has 2 saturated heterocycles. The van der Waals surface area contributed by atoms with Gasteiger partial charge >= 0.3 is 0 Å². The number of ether oxygens (including phenoxy) is 2. The Labute approximate surface area is 157 Å². The Morgan fingerprint density at radius 1 is 1.19 bits per heavy atom. The van der Waals surface area contributed by atoms with Crippen LogP contribution in [0, 0.1) is 17.3 Å². The monoisotopic (exact) mass is 372 g/mol. The molecule has 27 heavy (non-hydrogen) atoms. The first-order valence-electron chi connectivity index (χ1n) is 9.61. The topological polar surface area (TPSA) is 93.2 Å². The Kier molecular flexibility index (Phi) is 3.14. The summed E-state index contributed by atoms with van der Waals surface area (Å²) in [5, 5.41) is 10.9. The third-order valence-corrected chi connectivity index (χ3v) is 7.49. The molecule has 5 aliphatic rings. The highest BCUT2D eigenvalue weighted by molar-refractivity contribution is 6.22. The molecule has 144 valence electrons. The SMILES string of the molecule is CC(C)=C[C@H]1O[C@@]23C(=O)C4OC4C(=O)C2=C[C@@H]2[C@H](CC[C@]2(C)O)[C@@]3(C)C1=O. The van der Waals surface area contributed by atoms with Crippen LogP contribution in [0.2, 0.25) is 0 Å². The maximum absolute atomic E-state index is 13.6. The lowest BCUT2D eigenvalue weighted by Gasteiger charge is -2.51. The van der Waals surface area contributed by atoms with Gasteiger partial charge in [0.1, 0.15) is 6.10 Å². The van der Waals surface area contributed by atoms with Crippen LogP contribution in [0.15, 0.2) is 23.3 Å². The van der Waals surface area contributed by atoms with Gasteiger partial charge in [-0.05, 0) is 52.5 Å². The normalized spacial score (nSPS) is 52.6. The molecule has 6 heteroatoms. The number of hydrogen-bond donors (Lipinski definition) is 1. The van der Waals surface area contributed by atoms with E-state index in [2.05, 4.69) is 0 Å². The summed E-state index contributed by atoms with van der Waals surface area (Å²) in [6, 6.07) is 0. The van der Waals surface area contributed by atoms with Gasteiger partial charge < -0.3 is 14.6 Å². The van der Waals surface area contributed by atoms with Crippen LogP contribution in [0.5, 0.6) is 0 Å². The fourth-order valence-corrected chi connectivity index (χ4v) is 6.07. The van der Waals surface area contributed by atoms with Crippen molar-refractivity contribution in [3.63, 3.8) is 0 Å². The van der Waals surface area contributed by atoms with Gasteiger partial charge in [0, 0.05) is 11.5 Å². The number of ketones is 3. The van der Waals surface area contributed by atoms with E-state index in [4.69, 9.17) is 9.47 Å².